The Morgan fingerprint density at radius 2 is 2.29 bits per heavy atom. The van der Waals surface area contributed by atoms with E-state index in [4.69, 9.17) is 0 Å². The first-order valence-electron chi connectivity index (χ1n) is 4.87. The summed E-state index contributed by atoms with van der Waals surface area (Å²) in [6.07, 6.45) is 1.68. The van der Waals surface area contributed by atoms with Crippen LogP contribution in [0.15, 0.2) is 12.7 Å². The van der Waals surface area contributed by atoms with E-state index in [1.807, 2.05) is 25.9 Å². The summed E-state index contributed by atoms with van der Waals surface area (Å²) in [6.45, 7) is 7.72. The Labute approximate surface area is 86.4 Å². The molecule has 1 unspecified atom stereocenters. The first-order valence-corrected chi connectivity index (χ1v) is 4.87. The average Bonchev–Trinajstić information content (AvgIpc) is 2.21. The minimum atomic E-state index is -0.0942. The van der Waals surface area contributed by atoms with E-state index in [1.54, 1.807) is 6.08 Å². The Kier molecular flexibility index (Phi) is 7.06. The van der Waals surface area contributed by atoms with E-state index in [9.17, 15) is 4.79 Å². The van der Waals surface area contributed by atoms with Crippen LogP contribution < -0.4 is 10.6 Å². The van der Waals surface area contributed by atoms with Crippen molar-refractivity contribution in [1.29, 1.82) is 0 Å². The van der Waals surface area contributed by atoms with Crippen LogP contribution in [0, 0.1) is 0 Å². The minimum absolute atomic E-state index is 0.0449. The molecule has 0 aromatic carbocycles. The topological polar surface area (TPSA) is 44.4 Å². The molecule has 2 N–H and O–H groups in total. The van der Waals surface area contributed by atoms with Gasteiger partial charge in [-0.3, -0.25) is 9.69 Å². The van der Waals surface area contributed by atoms with Crippen LogP contribution in [-0.2, 0) is 4.79 Å². The van der Waals surface area contributed by atoms with Gasteiger partial charge in [-0.05, 0) is 21.0 Å². The number of nitrogens with zero attached hydrogens (tertiary/aromatic N) is 1. The van der Waals surface area contributed by atoms with Crippen LogP contribution in [0.3, 0.4) is 0 Å². The van der Waals surface area contributed by atoms with Crippen molar-refractivity contribution in [3.05, 3.63) is 12.7 Å². The van der Waals surface area contributed by atoms with Crippen LogP contribution in [0.1, 0.15) is 6.92 Å². The molecule has 0 rings (SSSR count). The van der Waals surface area contributed by atoms with Crippen molar-refractivity contribution in [1.82, 2.24) is 15.5 Å². The maximum atomic E-state index is 11.5. The maximum Gasteiger partial charge on any atom is 0.237 e. The van der Waals surface area contributed by atoms with E-state index in [0.717, 1.165) is 13.1 Å². The van der Waals surface area contributed by atoms with Crippen LogP contribution in [0.5, 0.6) is 0 Å². The van der Waals surface area contributed by atoms with Crippen molar-refractivity contribution in [2.75, 3.05) is 33.7 Å². The lowest BCUT2D eigenvalue weighted by Crippen LogP contribution is -2.45. The van der Waals surface area contributed by atoms with Gasteiger partial charge in [0.15, 0.2) is 0 Å². The number of rotatable bonds is 7. The third-order valence-electron chi connectivity index (χ3n) is 2.18. The van der Waals surface area contributed by atoms with Gasteiger partial charge in [-0.2, -0.15) is 0 Å². The summed E-state index contributed by atoms with van der Waals surface area (Å²) in [7, 11) is 3.84. The standard InChI is InChI=1S/C10H21N3O/c1-5-6-12-10(14)9(2)13(4)8-7-11-3/h5,9,11H,1,6-8H2,2-4H3,(H,12,14). The first kappa shape index (κ1) is 13.1. The van der Waals surface area contributed by atoms with E-state index in [-0.39, 0.29) is 11.9 Å². The van der Waals surface area contributed by atoms with E-state index >= 15 is 0 Å². The van der Waals surface area contributed by atoms with Crippen molar-refractivity contribution in [2.45, 2.75) is 13.0 Å². The fourth-order valence-corrected chi connectivity index (χ4v) is 1.00. The quantitative estimate of drug-likeness (QED) is 0.559. The van der Waals surface area contributed by atoms with Crippen molar-refractivity contribution in [3.63, 3.8) is 0 Å². The number of likely N-dealkylation sites (N-methyl/N-ethyl adjacent to an activating group) is 2. The summed E-state index contributed by atoms with van der Waals surface area (Å²) < 4.78 is 0. The molecular formula is C10H21N3O. The molecule has 0 aliphatic rings. The highest BCUT2D eigenvalue weighted by Crippen LogP contribution is 1.94. The Hall–Kier alpha value is -0.870. The molecule has 1 atom stereocenters. The highest BCUT2D eigenvalue weighted by Gasteiger charge is 2.16. The lowest BCUT2D eigenvalue weighted by molar-refractivity contribution is -0.125. The molecule has 0 bridgehead atoms. The molecule has 0 spiro atoms. The van der Waals surface area contributed by atoms with Gasteiger partial charge in [-0.15, -0.1) is 6.58 Å². The Bertz CT molecular complexity index is 182. The maximum absolute atomic E-state index is 11.5. The molecular weight excluding hydrogens is 178 g/mol. The van der Waals surface area contributed by atoms with Crippen LogP contribution >= 0.6 is 0 Å². The van der Waals surface area contributed by atoms with Gasteiger partial charge in [0.25, 0.3) is 0 Å². The SMILES string of the molecule is C=CCNC(=O)C(C)N(C)CCNC. The highest BCUT2D eigenvalue weighted by molar-refractivity contribution is 5.81. The number of nitrogens with one attached hydrogen (secondary N) is 2. The molecule has 0 radical (unpaired) electrons. The van der Waals surface area contributed by atoms with Crippen molar-refractivity contribution in [3.8, 4) is 0 Å². The largest absolute Gasteiger partial charge is 0.351 e. The second-order valence-corrected chi connectivity index (χ2v) is 3.29. The minimum Gasteiger partial charge on any atom is -0.351 e. The summed E-state index contributed by atoms with van der Waals surface area (Å²) in [5.41, 5.74) is 0. The van der Waals surface area contributed by atoms with Gasteiger partial charge in [0.2, 0.25) is 5.91 Å². The molecule has 0 saturated carbocycles. The molecule has 1 amide bonds. The highest BCUT2D eigenvalue weighted by atomic mass is 16.2. The number of carbonyl (C=O) groups excluding carboxylic acids is 1. The third kappa shape index (κ3) is 4.99. The monoisotopic (exact) mass is 199 g/mol. The van der Waals surface area contributed by atoms with Gasteiger partial charge >= 0.3 is 0 Å². The Morgan fingerprint density at radius 1 is 1.64 bits per heavy atom. The smallest absolute Gasteiger partial charge is 0.237 e. The summed E-state index contributed by atoms with van der Waals surface area (Å²) in [4.78, 5) is 13.5. The summed E-state index contributed by atoms with van der Waals surface area (Å²) in [5.74, 6) is 0.0449. The molecule has 0 aliphatic heterocycles. The zero-order valence-electron chi connectivity index (χ0n) is 9.34. The van der Waals surface area contributed by atoms with Gasteiger partial charge in [-0.1, -0.05) is 6.08 Å². The molecule has 0 aliphatic carbocycles. The van der Waals surface area contributed by atoms with Crippen molar-refractivity contribution >= 4 is 5.91 Å². The molecule has 82 valence electrons. The molecule has 14 heavy (non-hydrogen) atoms. The van der Waals surface area contributed by atoms with E-state index in [2.05, 4.69) is 17.2 Å². The number of hydrogen-bond donors (Lipinski definition) is 2. The van der Waals surface area contributed by atoms with Gasteiger partial charge in [0.1, 0.15) is 0 Å². The summed E-state index contributed by atoms with van der Waals surface area (Å²) >= 11 is 0. The first-order chi connectivity index (χ1) is 6.63. The normalized spacial score (nSPS) is 12.6. The fourth-order valence-electron chi connectivity index (χ4n) is 1.00. The molecule has 4 heteroatoms. The van der Waals surface area contributed by atoms with Crippen LogP contribution in [0.2, 0.25) is 0 Å². The second kappa shape index (κ2) is 7.53. The molecule has 0 heterocycles. The number of amides is 1. The lowest BCUT2D eigenvalue weighted by atomic mass is 10.2. The average molecular weight is 199 g/mol. The Balaban J connectivity index is 3.83. The van der Waals surface area contributed by atoms with E-state index < -0.39 is 0 Å². The summed E-state index contributed by atoms with van der Waals surface area (Å²) in [6, 6.07) is -0.0942. The van der Waals surface area contributed by atoms with E-state index in [1.165, 1.54) is 0 Å². The van der Waals surface area contributed by atoms with Crippen LogP contribution in [0.25, 0.3) is 0 Å². The fraction of sp³-hybridized carbons (Fsp3) is 0.700. The predicted molar refractivity (Wildman–Crippen MR) is 59.2 cm³/mol. The van der Waals surface area contributed by atoms with E-state index in [0.29, 0.717) is 6.54 Å². The second-order valence-electron chi connectivity index (χ2n) is 3.29. The predicted octanol–water partition coefficient (Wildman–Crippen LogP) is -0.172. The van der Waals surface area contributed by atoms with Crippen molar-refractivity contribution < 1.29 is 4.79 Å². The van der Waals surface area contributed by atoms with Gasteiger partial charge < -0.3 is 10.6 Å². The molecule has 0 saturated heterocycles. The zero-order valence-corrected chi connectivity index (χ0v) is 9.34. The summed E-state index contributed by atoms with van der Waals surface area (Å²) in [5, 5.41) is 5.82. The van der Waals surface area contributed by atoms with Crippen molar-refractivity contribution in [2.24, 2.45) is 0 Å². The number of carbonyl (C=O) groups is 1. The number of hydrogen-bond acceptors (Lipinski definition) is 3. The van der Waals surface area contributed by atoms with Crippen LogP contribution in [-0.4, -0.2) is 50.6 Å². The molecule has 0 aromatic rings. The van der Waals surface area contributed by atoms with Gasteiger partial charge in [-0.25, -0.2) is 0 Å². The lowest BCUT2D eigenvalue weighted by Gasteiger charge is -2.23. The van der Waals surface area contributed by atoms with Crippen LogP contribution in [0.4, 0.5) is 0 Å². The Morgan fingerprint density at radius 3 is 2.79 bits per heavy atom. The molecule has 0 fully saturated rings. The zero-order chi connectivity index (χ0) is 11.0. The van der Waals surface area contributed by atoms with Gasteiger partial charge in [0, 0.05) is 19.6 Å². The van der Waals surface area contributed by atoms with Gasteiger partial charge in [0.05, 0.1) is 6.04 Å². The third-order valence-corrected chi connectivity index (χ3v) is 2.18. The molecule has 4 nitrogen and oxygen atoms in total. The molecule has 0 aromatic heterocycles.